The van der Waals surface area contributed by atoms with Crippen molar-refractivity contribution >= 4 is 49.7 Å². The van der Waals surface area contributed by atoms with Crippen molar-refractivity contribution in [2.24, 2.45) is 5.92 Å². The maximum atomic E-state index is 13.9. The first kappa shape index (κ1) is 31.6. The third-order valence-electron chi connectivity index (χ3n) is 8.06. The van der Waals surface area contributed by atoms with Gasteiger partial charge in [0.2, 0.25) is 11.8 Å². The number of nitrogens with one attached hydrogen (secondary N) is 1. The van der Waals surface area contributed by atoms with Crippen LogP contribution in [0.5, 0.6) is 0 Å². The first-order valence-corrected chi connectivity index (χ1v) is 16.3. The zero-order chi connectivity index (χ0) is 32.0. The number of fused-ring (bicyclic) bond motifs is 1. The van der Waals surface area contributed by atoms with E-state index in [0.717, 1.165) is 16.5 Å². The number of carbonyl (C=O) groups is 2. The minimum atomic E-state index is -4.25. The lowest BCUT2D eigenvalue weighted by Gasteiger charge is -2.36. The molecule has 4 aromatic carbocycles. The second-order valence-corrected chi connectivity index (χ2v) is 12.5. The summed E-state index contributed by atoms with van der Waals surface area (Å²) >= 11 is 0. The van der Waals surface area contributed by atoms with Crippen LogP contribution in [0.15, 0.2) is 102 Å². The molecule has 1 heterocycles. The molecule has 4 aromatic rings. The van der Waals surface area contributed by atoms with E-state index in [1.807, 2.05) is 25.1 Å². The van der Waals surface area contributed by atoms with Gasteiger partial charge in [0.15, 0.2) is 0 Å². The molecule has 1 saturated heterocycles. The van der Waals surface area contributed by atoms with Crippen LogP contribution in [0.1, 0.15) is 13.3 Å². The summed E-state index contributed by atoms with van der Waals surface area (Å²) in [6.07, 6.45) is 0.124. The highest BCUT2D eigenvalue weighted by Crippen LogP contribution is 2.24. The normalized spacial score (nSPS) is 14.6. The average molecular weight is 630 g/mol. The summed E-state index contributed by atoms with van der Waals surface area (Å²) in [6, 6.07) is 27.4. The number of anilines is 2. The van der Waals surface area contributed by atoms with Gasteiger partial charge in [-0.3, -0.25) is 24.6 Å². The Kier molecular flexibility index (Phi) is 9.74. The molecular weight excluding hydrogens is 594 g/mol. The van der Waals surface area contributed by atoms with E-state index < -0.39 is 32.7 Å². The van der Waals surface area contributed by atoms with Gasteiger partial charge in [-0.05, 0) is 67.1 Å². The van der Waals surface area contributed by atoms with Gasteiger partial charge in [-0.25, -0.2) is 13.1 Å². The lowest BCUT2D eigenvalue weighted by Crippen LogP contribution is -2.49. The van der Waals surface area contributed by atoms with E-state index in [9.17, 15) is 28.1 Å². The second-order valence-electron chi connectivity index (χ2n) is 10.8. The minimum Gasteiger partial charge on any atom is -0.369 e. The summed E-state index contributed by atoms with van der Waals surface area (Å²) in [4.78, 5) is 43.8. The van der Waals surface area contributed by atoms with Gasteiger partial charge in [0, 0.05) is 56.2 Å². The number of amides is 2. The number of nitrogens with zero attached hydrogens (tertiary/aromatic N) is 4. The largest absolute Gasteiger partial charge is 0.369 e. The Labute approximate surface area is 262 Å². The molecule has 11 nitrogen and oxygen atoms in total. The highest BCUT2D eigenvalue weighted by molar-refractivity contribution is 7.90. The van der Waals surface area contributed by atoms with Crippen molar-refractivity contribution in [3.05, 3.63) is 107 Å². The van der Waals surface area contributed by atoms with Gasteiger partial charge in [0.1, 0.15) is 5.92 Å². The highest BCUT2D eigenvalue weighted by Gasteiger charge is 2.34. The minimum absolute atomic E-state index is 0.0330. The fraction of sp³-hybridized carbons (Fsp3) is 0.273. The first-order valence-electron chi connectivity index (χ1n) is 14.8. The van der Waals surface area contributed by atoms with Gasteiger partial charge in [-0.15, -0.1) is 0 Å². The van der Waals surface area contributed by atoms with E-state index in [1.54, 1.807) is 54.6 Å². The van der Waals surface area contributed by atoms with Crippen LogP contribution in [-0.2, 0) is 19.6 Å². The number of hydrogen-bond acceptors (Lipinski definition) is 8. The third kappa shape index (κ3) is 7.47. The number of sulfonamides is 1. The number of rotatable bonds is 11. The van der Waals surface area contributed by atoms with Gasteiger partial charge in [-0.2, -0.15) is 0 Å². The molecule has 1 aliphatic heterocycles. The van der Waals surface area contributed by atoms with Gasteiger partial charge in [0.05, 0.1) is 9.82 Å². The molecule has 2 amide bonds. The molecule has 5 rings (SSSR count). The molecule has 1 fully saturated rings. The summed E-state index contributed by atoms with van der Waals surface area (Å²) in [5.41, 5.74) is 1.54. The number of hydrogen-bond donors (Lipinski definition) is 1. The van der Waals surface area contributed by atoms with E-state index >= 15 is 0 Å². The van der Waals surface area contributed by atoms with Crippen molar-refractivity contribution in [2.45, 2.75) is 18.2 Å². The van der Waals surface area contributed by atoms with Crippen LogP contribution in [0, 0.1) is 16.0 Å². The van der Waals surface area contributed by atoms with E-state index in [2.05, 4.69) is 14.5 Å². The summed E-state index contributed by atoms with van der Waals surface area (Å²) < 4.78 is 28.9. The number of benzene rings is 4. The number of nitro benzene ring substituents is 1. The Morgan fingerprint density at radius 2 is 1.53 bits per heavy atom. The van der Waals surface area contributed by atoms with Crippen LogP contribution in [0.4, 0.5) is 17.1 Å². The molecule has 0 bridgehead atoms. The predicted octanol–water partition coefficient (Wildman–Crippen LogP) is 4.43. The molecule has 0 aromatic heterocycles. The Morgan fingerprint density at radius 3 is 2.18 bits per heavy atom. The molecular formula is C33H35N5O6S. The topological polar surface area (TPSA) is 133 Å². The second kappa shape index (κ2) is 13.9. The molecule has 1 N–H and O–H groups in total. The SMILES string of the molecule is CCN(C(=O)C(CCN1CCN(c2ccc([N+](=O)[O-])cc2)CC1)C(=O)NS(=O)(=O)c1ccc2ccccc2c1)c1ccccc1. The van der Waals surface area contributed by atoms with Crippen molar-refractivity contribution in [1.82, 2.24) is 9.62 Å². The van der Waals surface area contributed by atoms with Crippen LogP contribution < -0.4 is 14.5 Å². The van der Waals surface area contributed by atoms with Gasteiger partial charge < -0.3 is 9.80 Å². The van der Waals surface area contributed by atoms with Crippen molar-refractivity contribution in [2.75, 3.05) is 49.1 Å². The molecule has 0 spiro atoms. The smallest absolute Gasteiger partial charge is 0.269 e. The summed E-state index contributed by atoms with van der Waals surface area (Å²) in [5.74, 6) is -2.58. The summed E-state index contributed by atoms with van der Waals surface area (Å²) in [7, 11) is -4.25. The van der Waals surface area contributed by atoms with Crippen molar-refractivity contribution in [3.8, 4) is 0 Å². The Bertz CT molecular complexity index is 1770. The Hall–Kier alpha value is -4.81. The summed E-state index contributed by atoms with van der Waals surface area (Å²) in [5, 5.41) is 12.6. The molecule has 234 valence electrons. The van der Waals surface area contributed by atoms with E-state index in [-0.39, 0.29) is 17.0 Å². The van der Waals surface area contributed by atoms with E-state index in [1.165, 1.54) is 29.2 Å². The fourth-order valence-electron chi connectivity index (χ4n) is 5.55. The third-order valence-corrected chi connectivity index (χ3v) is 9.41. The molecule has 1 unspecified atom stereocenters. The van der Waals surface area contributed by atoms with Crippen LogP contribution >= 0.6 is 0 Å². The zero-order valence-electron chi connectivity index (χ0n) is 24.9. The number of non-ortho nitro benzene ring substituents is 1. The van der Waals surface area contributed by atoms with Crippen molar-refractivity contribution in [3.63, 3.8) is 0 Å². The molecule has 0 aliphatic carbocycles. The first-order chi connectivity index (χ1) is 21.7. The van der Waals surface area contributed by atoms with Crippen LogP contribution in [-0.4, -0.2) is 69.3 Å². The van der Waals surface area contributed by atoms with Gasteiger partial charge in [-0.1, -0.05) is 48.5 Å². The highest BCUT2D eigenvalue weighted by atomic mass is 32.2. The molecule has 1 atom stereocenters. The number of para-hydroxylation sites is 1. The lowest BCUT2D eigenvalue weighted by atomic mass is 10.0. The van der Waals surface area contributed by atoms with E-state index in [0.29, 0.717) is 45.0 Å². The predicted molar refractivity (Wildman–Crippen MR) is 174 cm³/mol. The summed E-state index contributed by atoms with van der Waals surface area (Å²) in [6.45, 7) is 5.12. The number of nitro groups is 1. The zero-order valence-corrected chi connectivity index (χ0v) is 25.7. The van der Waals surface area contributed by atoms with Crippen LogP contribution in [0.2, 0.25) is 0 Å². The quantitative estimate of drug-likeness (QED) is 0.146. The van der Waals surface area contributed by atoms with Crippen LogP contribution in [0.25, 0.3) is 10.8 Å². The molecule has 1 aliphatic rings. The van der Waals surface area contributed by atoms with Gasteiger partial charge in [0.25, 0.3) is 15.7 Å². The molecule has 12 heteroatoms. The Balaban J connectivity index is 1.30. The molecule has 0 radical (unpaired) electrons. The number of piperazine rings is 1. The van der Waals surface area contributed by atoms with Crippen LogP contribution in [0.3, 0.4) is 0 Å². The Morgan fingerprint density at radius 1 is 0.889 bits per heavy atom. The van der Waals surface area contributed by atoms with E-state index in [4.69, 9.17) is 0 Å². The lowest BCUT2D eigenvalue weighted by molar-refractivity contribution is -0.384. The monoisotopic (exact) mass is 629 g/mol. The van der Waals surface area contributed by atoms with Crippen molar-refractivity contribution in [1.29, 1.82) is 0 Å². The maximum absolute atomic E-state index is 13.9. The number of carbonyl (C=O) groups excluding carboxylic acids is 2. The van der Waals surface area contributed by atoms with Gasteiger partial charge >= 0.3 is 0 Å². The fourth-order valence-corrected chi connectivity index (χ4v) is 6.61. The average Bonchev–Trinajstić information content (AvgIpc) is 3.05. The molecule has 45 heavy (non-hydrogen) atoms. The maximum Gasteiger partial charge on any atom is 0.269 e. The molecule has 0 saturated carbocycles. The standard InChI is InChI=1S/C33H35N5O6S/c1-2-37(28-10-4-3-5-11-28)33(40)31(32(39)34-45(43,44)30-17-12-25-8-6-7-9-26(25)24-30)18-19-35-20-22-36(23-21-35)27-13-15-29(16-14-27)38(41)42/h3-17,24,31H,2,18-23H2,1H3,(H,34,39). The van der Waals surface area contributed by atoms with Crippen molar-refractivity contribution < 1.29 is 22.9 Å².